The molecule has 5 nitrogen and oxygen atoms in total. The zero-order chi connectivity index (χ0) is 29.9. The molecule has 0 spiro atoms. The Morgan fingerprint density at radius 2 is 1.67 bits per heavy atom. The van der Waals surface area contributed by atoms with Crippen LogP contribution in [0, 0.1) is 17.6 Å². The summed E-state index contributed by atoms with van der Waals surface area (Å²) in [5.41, 5.74) is 2.86. The first-order valence-corrected chi connectivity index (χ1v) is 15.6. The van der Waals surface area contributed by atoms with Gasteiger partial charge in [0.2, 0.25) is 0 Å². The fourth-order valence-electron chi connectivity index (χ4n) is 5.89. The highest BCUT2D eigenvalue weighted by Gasteiger charge is 2.32. The standard InChI is InChI=1S/C31H33F5N2O3S/c32-27-12-8-23(17-30(27)41-31(34,35)36)19-38-15-14-24-18-26(11-10-25(24)20-38)42(39,40)37-29-13-9-22(16-28(29)33)7-3-6-21-4-1-2-5-21/h8-13,16-18,21,37H,1-7,14-15,19-20H2. The third-order valence-electron chi connectivity index (χ3n) is 8.04. The van der Waals surface area contributed by atoms with E-state index >= 15 is 0 Å². The van der Waals surface area contributed by atoms with E-state index in [1.807, 2.05) is 4.90 Å². The molecule has 3 aromatic rings. The number of fused-ring (bicyclic) bond motifs is 1. The first-order valence-electron chi connectivity index (χ1n) is 14.1. The summed E-state index contributed by atoms with van der Waals surface area (Å²) >= 11 is 0. The average molecular weight is 609 g/mol. The molecule has 1 N–H and O–H groups in total. The molecular weight excluding hydrogens is 575 g/mol. The summed E-state index contributed by atoms with van der Waals surface area (Å²) in [6, 6.07) is 12.7. The minimum Gasteiger partial charge on any atom is -0.403 e. The van der Waals surface area contributed by atoms with Crippen molar-refractivity contribution in [2.45, 2.75) is 75.7 Å². The molecule has 1 fully saturated rings. The Bertz CT molecular complexity index is 1520. The summed E-state index contributed by atoms with van der Waals surface area (Å²) < 4.78 is 98.6. The Morgan fingerprint density at radius 1 is 0.905 bits per heavy atom. The van der Waals surface area contributed by atoms with Crippen molar-refractivity contribution in [1.82, 2.24) is 4.90 Å². The van der Waals surface area contributed by atoms with Crippen LogP contribution in [0.5, 0.6) is 5.75 Å². The lowest BCUT2D eigenvalue weighted by atomic mass is 9.98. The number of aryl methyl sites for hydroxylation is 1. The SMILES string of the molecule is O=S(=O)(Nc1ccc(CCCC2CCCC2)cc1F)c1ccc2c(c1)CCN(Cc1ccc(F)c(OC(F)(F)F)c1)C2. The molecule has 0 saturated heterocycles. The van der Waals surface area contributed by atoms with Gasteiger partial charge in [0.1, 0.15) is 5.82 Å². The molecule has 0 aromatic heterocycles. The summed E-state index contributed by atoms with van der Waals surface area (Å²) in [6.07, 6.45) is 3.51. The molecule has 1 aliphatic carbocycles. The van der Waals surface area contributed by atoms with Gasteiger partial charge in [-0.05, 0) is 83.8 Å². The fourth-order valence-corrected chi connectivity index (χ4v) is 7.01. The summed E-state index contributed by atoms with van der Waals surface area (Å²) in [6.45, 7) is 1.19. The lowest BCUT2D eigenvalue weighted by Gasteiger charge is -2.29. The maximum atomic E-state index is 14.8. The lowest BCUT2D eigenvalue weighted by Crippen LogP contribution is -2.30. The van der Waals surface area contributed by atoms with Gasteiger partial charge in [0.05, 0.1) is 10.6 Å². The first-order chi connectivity index (χ1) is 19.9. The number of nitrogens with zero attached hydrogens (tertiary/aromatic N) is 1. The Morgan fingerprint density at radius 3 is 2.40 bits per heavy atom. The van der Waals surface area contributed by atoms with Crippen LogP contribution in [0.3, 0.4) is 0 Å². The van der Waals surface area contributed by atoms with Gasteiger partial charge in [-0.2, -0.15) is 0 Å². The molecule has 1 heterocycles. The van der Waals surface area contributed by atoms with Crippen LogP contribution in [0.2, 0.25) is 0 Å². The minimum absolute atomic E-state index is 0.0159. The summed E-state index contributed by atoms with van der Waals surface area (Å²) in [5, 5.41) is 0. The molecule has 0 bridgehead atoms. The van der Waals surface area contributed by atoms with Crippen LogP contribution < -0.4 is 9.46 Å². The summed E-state index contributed by atoms with van der Waals surface area (Å²) in [7, 11) is -4.04. The van der Waals surface area contributed by atoms with E-state index in [2.05, 4.69) is 9.46 Å². The zero-order valence-electron chi connectivity index (χ0n) is 23.0. The Labute approximate surface area is 242 Å². The van der Waals surface area contributed by atoms with E-state index in [0.717, 1.165) is 54.0 Å². The number of anilines is 1. The van der Waals surface area contributed by atoms with Gasteiger partial charge in [0.15, 0.2) is 11.6 Å². The lowest BCUT2D eigenvalue weighted by molar-refractivity contribution is -0.275. The molecule has 0 atom stereocenters. The molecule has 0 radical (unpaired) electrons. The van der Waals surface area contributed by atoms with E-state index < -0.39 is 33.8 Å². The average Bonchev–Trinajstić information content (AvgIpc) is 3.44. The van der Waals surface area contributed by atoms with Crippen LogP contribution >= 0.6 is 0 Å². The highest BCUT2D eigenvalue weighted by Crippen LogP contribution is 2.31. The molecule has 0 unspecified atom stereocenters. The van der Waals surface area contributed by atoms with Gasteiger partial charge in [-0.25, -0.2) is 17.2 Å². The molecule has 2 aliphatic rings. The van der Waals surface area contributed by atoms with Crippen molar-refractivity contribution in [3.05, 3.63) is 88.5 Å². The summed E-state index contributed by atoms with van der Waals surface area (Å²) in [5.74, 6) is -1.83. The maximum absolute atomic E-state index is 14.8. The highest BCUT2D eigenvalue weighted by atomic mass is 32.2. The monoisotopic (exact) mass is 608 g/mol. The molecule has 226 valence electrons. The van der Waals surface area contributed by atoms with Gasteiger partial charge in [0, 0.05) is 19.6 Å². The topological polar surface area (TPSA) is 58.6 Å². The third kappa shape index (κ3) is 7.80. The smallest absolute Gasteiger partial charge is 0.403 e. The number of hydrogen-bond donors (Lipinski definition) is 1. The van der Waals surface area contributed by atoms with E-state index in [-0.39, 0.29) is 17.1 Å². The van der Waals surface area contributed by atoms with Crippen molar-refractivity contribution in [1.29, 1.82) is 0 Å². The van der Waals surface area contributed by atoms with E-state index in [9.17, 15) is 30.4 Å². The van der Waals surface area contributed by atoms with Gasteiger partial charge in [-0.1, -0.05) is 50.3 Å². The van der Waals surface area contributed by atoms with Crippen molar-refractivity contribution in [2.24, 2.45) is 5.92 Å². The van der Waals surface area contributed by atoms with E-state index in [4.69, 9.17) is 0 Å². The van der Waals surface area contributed by atoms with Crippen molar-refractivity contribution in [3.63, 3.8) is 0 Å². The van der Waals surface area contributed by atoms with Crippen LogP contribution in [0.1, 0.15) is 60.8 Å². The Balaban J connectivity index is 1.20. The maximum Gasteiger partial charge on any atom is 0.573 e. The first kappa shape index (κ1) is 30.3. The second-order valence-corrected chi connectivity index (χ2v) is 12.8. The van der Waals surface area contributed by atoms with Crippen LogP contribution in [0.4, 0.5) is 27.6 Å². The van der Waals surface area contributed by atoms with Crippen LogP contribution in [-0.2, 0) is 36.0 Å². The number of ether oxygens (including phenoxy) is 1. The van der Waals surface area contributed by atoms with Crippen molar-refractivity contribution >= 4 is 15.7 Å². The van der Waals surface area contributed by atoms with Crippen LogP contribution in [-0.4, -0.2) is 26.2 Å². The van der Waals surface area contributed by atoms with E-state index in [0.29, 0.717) is 25.1 Å². The van der Waals surface area contributed by atoms with Gasteiger partial charge in [0.25, 0.3) is 10.0 Å². The molecule has 11 heteroatoms. The number of alkyl halides is 3. The van der Waals surface area contributed by atoms with Crippen molar-refractivity contribution in [2.75, 3.05) is 11.3 Å². The molecule has 3 aromatic carbocycles. The Hall–Kier alpha value is -3.18. The molecule has 0 amide bonds. The normalized spacial score (nSPS) is 16.4. The van der Waals surface area contributed by atoms with Crippen molar-refractivity contribution < 1.29 is 35.1 Å². The van der Waals surface area contributed by atoms with Gasteiger partial charge >= 0.3 is 6.36 Å². The number of halogens is 5. The number of hydrogen-bond acceptors (Lipinski definition) is 4. The molecular formula is C31H33F5N2O3S. The highest BCUT2D eigenvalue weighted by molar-refractivity contribution is 7.92. The van der Waals surface area contributed by atoms with Crippen molar-refractivity contribution in [3.8, 4) is 5.75 Å². The molecule has 1 saturated carbocycles. The second kappa shape index (κ2) is 12.6. The van der Waals surface area contributed by atoms with Gasteiger partial charge in [-0.15, -0.1) is 13.2 Å². The fraction of sp³-hybridized carbons (Fsp3) is 0.419. The molecule has 1 aliphatic heterocycles. The number of nitrogens with one attached hydrogen (secondary N) is 1. The predicted molar refractivity (Wildman–Crippen MR) is 149 cm³/mol. The van der Waals surface area contributed by atoms with E-state index in [1.165, 1.54) is 49.9 Å². The molecule has 5 rings (SSSR count). The zero-order valence-corrected chi connectivity index (χ0v) is 23.8. The second-order valence-electron chi connectivity index (χ2n) is 11.2. The minimum atomic E-state index is -5.00. The van der Waals surface area contributed by atoms with Gasteiger partial charge in [-0.3, -0.25) is 9.62 Å². The predicted octanol–water partition coefficient (Wildman–Crippen LogP) is 7.74. The van der Waals surface area contributed by atoms with E-state index in [1.54, 1.807) is 18.2 Å². The summed E-state index contributed by atoms with van der Waals surface area (Å²) in [4.78, 5) is 1.98. The van der Waals surface area contributed by atoms with Crippen LogP contribution in [0.25, 0.3) is 0 Å². The van der Waals surface area contributed by atoms with Crippen LogP contribution in [0.15, 0.2) is 59.5 Å². The number of rotatable bonds is 10. The third-order valence-corrected chi connectivity index (χ3v) is 9.40. The number of sulfonamides is 1. The Kier molecular flexibility index (Phi) is 9.08. The largest absolute Gasteiger partial charge is 0.573 e. The molecule has 42 heavy (non-hydrogen) atoms. The van der Waals surface area contributed by atoms with Gasteiger partial charge < -0.3 is 4.74 Å². The number of benzene rings is 3. The quantitative estimate of drug-likeness (QED) is 0.239.